The molecule has 7 heteroatoms. The molecular formula is C13H29O6P. The maximum absolute atomic E-state index is 11.4. The summed E-state index contributed by atoms with van der Waals surface area (Å²) in [5, 5.41) is 0. The zero-order valence-electron chi connectivity index (χ0n) is 13.0. The van der Waals surface area contributed by atoms with Gasteiger partial charge in [0.25, 0.3) is 0 Å². The van der Waals surface area contributed by atoms with Crippen LogP contribution < -0.4 is 0 Å². The molecule has 122 valence electrons. The summed E-state index contributed by atoms with van der Waals surface area (Å²) in [5.41, 5.74) is 0. The van der Waals surface area contributed by atoms with Gasteiger partial charge in [0.05, 0.1) is 19.8 Å². The van der Waals surface area contributed by atoms with E-state index in [0.717, 1.165) is 19.4 Å². The number of carbonyl (C=O) groups excluding carboxylic acids is 2. The third kappa shape index (κ3) is 30.3. The van der Waals surface area contributed by atoms with Crippen LogP contribution in [-0.2, 0) is 27.9 Å². The van der Waals surface area contributed by atoms with Crippen LogP contribution in [0.2, 0.25) is 0 Å². The largest absolute Gasteiger partial charge is 0.379 e. The van der Waals surface area contributed by atoms with Crippen molar-refractivity contribution in [3.05, 3.63) is 13.2 Å². The van der Waals surface area contributed by atoms with Crippen LogP contribution in [0.4, 0.5) is 0 Å². The quantitative estimate of drug-likeness (QED) is 0.370. The van der Waals surface area contributed by atoms with Crippen molar-refractivity contribution in [1.82, 2.24) is 0 Å². The molecule has 0 amide bonds. The molecule has 0 aliphatic rings. The maximum Gasteiger partial charge on any atom is 0.327 e. The first-order valence-corrected chi connectivity index (χ1v) is 8.13. The Morgan fingerprint density at radius 1 is 0.900 bits per heavy atom. The van der Waals surface area contributed by atoms with E-state index < -0.39 is 7.60 Å². The Morgan fingerprint density at radius 3 is 1.80 bits per heavy atom. The van der Waals surface area contributed by atoms with Gasteiger partial charge in [-0.25, -0.2) is 0 Å². The summed E-state index contributed by atoms with van der Waals surface area (Å²) < 4.78 is 26.6. The summed E-state index contributed by atoms with van der Waals surface area (Å²) >= 11 is 0. The van der Waals surface area contributed by atoms with Crippen molar-refractivity contribution in [3.63, 3.8) is 0 Å². The van der Waals surface area contributed by atoms with E-state index >= 15 is 0 Å². The number of carbonyl (C=O) groups is 2. The molecule has 0 N–H and O–H groups in total. The van der Waals surface area contributed by atoms with E-state index in [2.05, 4.69) is 20.1 Å². The van der Waals surface area contributed by atoms with Crippen LogP contribution in [0.3, 0.4) is 0 Å². The zero-order valence-corrected chi connectivity index (χ0v) is 13.9. The number of ether oxygens (including phenoxy) is 1. The lowest BCUT2D eigenvalue weighted by Gasteiger charge is -2.12. The topological polar surface area (TPSA) is 78.9 Å². The highest BCUT2D eigenvalue weighted by Crippen LogP contribution is 2.43. The molecule has 20 heavy (non-hydrogen) atoms. The molecule has 0 spiro atoms. The smallest absolute Gasteiger partial charge is 0.327 e. The van der Waals surface area contributed by atoms with Crippen LogP contribution in [-0.4, -0.2) is 46.7 Å². The SMILES string of the molecule is C=C.C=O.C=O.CCCCOCCOP(C)(=O)OCC. The maximum atomic E-state index is 11.4. The van der Waals surface area contributed by atoms with Crippen LogP contribution in [0.5, 0.6) is 0 Å². The van der Waals surface area contributed by atoms with Gasteiger partial charge in [0.1, 0.15) is 13.6 Å². The molecule has 0 heterocycles. The molecular weight excluding hydrogens is 283 g/mol. The normalized spacial score (nSPS) is 11.3. The minimum absolute atomic E-state index is 0.331. The van der Waals surface area contributed by atoms with Crippen LogP contribution in [0.15, 0.2) is 13.2 Å². The lowest BCUT2D eigenvalue weighted by Crippen LogP contribution is -2.05. The Balaban J connectivity index is -0.000000187. The standard InChI is InChI=1S/C9H21O4P.C2H4.2CH2O/c1-4-6-7-11-8-9-13-14(3,10)12-5-2;3*1-2/h4-9H2,1-3H3;1-2H2;2*1H2. The molecule has 0 radical (unpaired) electrons. The highest BCUT2D eigenvalue weighted by molar-refractivity contribution is 7.52. The first kappa shape index (κ1) is 27.5. The molecule has 0 saturated carbocycles. The molecule has 1 atom stereocenters. The second-order valence-electron chi connectivity index (χ2n) is 2.99. The first-order chi connectivity index (χ1) is 9.62. The molecule has 0 saturated heterocycles. The molecule has 0 fully saturated rings. The predicted octanol–water partition coefficient (Wildman–Crippen LogP) is 3.11. The minimum Gasteiger partial charge on any atom is -0.379 e. The molecule has 0 rings (SSSR count). The third-order valence-corrected chi connectivity index (χ3v) is 2.94. The molecule has 1 unspecified atom stereocenters. The molecule has 0 aromatic heterocycles. The molecule has 0 aliphatic carbocycles. The van der Waals surface area contributed by atoms with E-state index in [9.17, 15) is 4.57 Å². The van der Waals surface area contributed by atoms with Crippen molar-refractivity contribution in [3.8, 4) is 0 Å². The number of unbranched alkanes of at least 4 members (excludes halogenated alkanes) is 1. The Morgan fingerprint density at radius 2 is 1.40 bits per heavy atom. The fourth-order valence-electron chi connectivity index (χ4n) is 0.882. The van der Waals surface area contributed by atoms with Crippen LogP contribution in [0.25, 0.3) is 0 Å². The number of rotatable bonds is 9. The van der Waals surface area contributed by atoms with Crippen LogP contribution in [0, 0.1) is 0 Å². The zero-order chi connectivity index (χ0) is 16.9. The van der Waals surface area contributed by atoms with Gasteiger partial charge in [-0.15, -0.1) is 13.2 Å². The molecule has 0 aromatic rings. The van der Waals surface area contributed by atoms with Gasteiger partial charge < -0.3 is 23.4 Å². The van der Waals surface area contributed by atoms with Gasteiger partial charge in [0.15, 0.2) is 0 Å². The van der Waals surface area contributed by atoms with Gasteiger partial charge in [0, 0.05) is 13.3 Å². The second-order valence-corrected chi connectivity index (χ2v) is 5.05. The first-order valence-electron chi connectivity index (χ1n) is 6.14. The average molecular weight is 312 g/mol. The van der Waals surface area contributed by atoms with Crippen molar-refractivity contribution < 1.29 is 27.9 Å². The van der Waals surface area contributed by atoms with Gasteiger partial charge in [-0.05, 0) is 13.3 Å². The third-order valence-electron chi connectivity index (χ3n) is 1.56. The summed E-state index contributed by atoms with van der Waals surface area (Å²) in [7, 11) is -2.83. The Hall–Kier alpha value is -0.810. The van der Waals surface area contributed by atoms with Gasteiger partial charge in [0.2, 0.25) is 0 Å². The number of hydrogen-bond donors (Lipinski definition) is 0. The van der Waals surface area contributed by atoms with Crippen molar-refractivity contribution in [2.45, 2.75) is 26.7 Å². The van der Waals surface area contributed by atoms with Crippen LogP contribution in [0.1, 0.15) is 26.7 Å². The molecule has 0 bridgehead atoms. The van der Waals surface area contributed by atoms with E-state index in [1.165, 1.54) is 6.66 Å². The summed E-state index contributed by atoms with van der Waals surface area (Å²) in [6, 6.07) is 0. The summed E-state index contributed by atoms with van der Waals surface area (Å²) in [6.45, 7) is 17.3. The Kier molecular flexibility index (Phi) is 36.7. The van der Waals surface area contributed by atoms with Gasteiger partial charge in [-0.2, -0.15) is 0 Å². The fraction of sp³-hybridized carbons (Fsp3) is 0.692. The van der Waals surface area contributed by atoms with Gasteiger partial charge >= 0.3 is 7.60 Å². The molecule has 0 aromatic carbocycles. The Labute approximate surface area is 123 Å². The average Bonchev–Trinajstić information content (AvgIpc) is 2.49. The van der Waals surface area contributed by atoms with Gasteiger partial charge in [-0.3, -0.25) is 4.57 Å². The minimum atomic E-state index is -2.83. The van der Waals surface area contributed by atoms with Crippen molar-refractivity contribution in [2.75, 3.05) is 33.1 Å². The molecule has 0 aliphatic heterocycles. The Bertz CT molecular complexity index is 208. The predicted molar refractivity (Wildman–Crippen MR) is 82.3 cm³/mol. The van der Waals surface area contributed by atoms with E-state index in [1.807, 2.05) is 13.6 Å². The molecule has 6 nitrogen and oxygen atoms in total. The summed E-state index contributed by atoms with van der Waals surface area (Å²) in [6.07, 6.45) is 2.17. The fourth-order valence-corrected chi connectivity index (χ4v) is 1.83. The number of hydrogen-bond acceptors (Lipinski definition) is 6. The van der Waals surface area contributed by atoms with E-state index in [1.54, 1.807) is 6.92 Å². The lowest BCUT2D eigenvalue weighted by molar-refractivity contribution is -0.0987. The second kappa shape index (κ2) is 26.7. The van der Waals surface area contributed by atoms with Crippen LogP contribution >= 0.6 is 7.60 Å². The van der Waals surface area contributed by atoms with E-state index in [4.69, 9.17) is 23.4 Å². The highest BCUT2D eigenvalue weighted by Gasteiger charge is 2.14. The summed E-state index contributed by atoms with van der Waals surface area (Å²) in [4.78, 5) is 16.0. The highest BCUT2D eigenvalue weighted by atomic mass is 31.2. The van der Waals surface area contributed by atoms with E-state index in [-0.39, 0.29) is 0 Å². The van der Waals surface area contributed by atoms with Crippen molar-refractivity contribution >= 4 is 21.2 Å². The van der Waals surface area contributed by atoms with Crippen molar-refractivity contribution in [1.29, 1.82) is 0 Å². The summed E-state index contributed by atoms with van der Waals surface area (Å²) in [5.74, 6) is 0. The monoisotopic (exact) mass is 312 g/mol. The lowest BCUT2D eigenvalue weighted by atomic mass is 10.4. The van der Waals surface area contributed by atoms with Crippen molar-refractivity contribution in [2.24, 2.45) is 0 Å². The van der Waals surface area contributed by atoms with E-state index in [0.29, 0.717) is 19.8 Å². The van der Waals surface area contributed by atoms with Gasteiger partial charge in [-0.1, -0.05) is 13.3 Å².